The molecule has 15 heteroatoms. The molecule has 5 N–H and O–H groups in total. The van der Waals surface area contributed by atoms with E-state index < -0.39 is 40.9 Å². The highest BCUT2D eigenvalue weighted by Gasteiger charge is 2.28. The average molecular weight is 655 g/mol. The number of aromatic hydroxyl groups is 1. The van der Waals surface area contributed by atoms with Gasteiger partial charge >= 0.3 is 5.97 Å². The molecule has 13 nitrogen and oxygen atoms in total. The predicted molar refractivity (Wildman–Crippen MR) is 165 cm³/mol. The van der Waals surface area contributed by atoms with Crippen LogP contribution in [0.4, 0.5) is 14.5 Å². The quantitative estimate of drug-likeness (QED) is 0.0586. The van der Waals surface area contributed by atoms with Crippen LogP contribution in [-0.4, -0.2) is 74.6 Å². The smallest absolute Gasteiger partial charge is 0.338 e. The number of anilines is 1. The second-order valence-corrected chi connectivity index (χ2v) is 9.81. The largest absolute Gasteiger partial charge is 0.504 e. The molecule has 0 saturated carbocycles. The van der Waals surface area contributed by atoms with E-state index in [4.69, 9.17) is 44.7 Å². The minimum Gasteiger partial charge on any atom is -0.504 e. The van der Waals surface area contributed by atoms with Crippen molar-refractivity contribution in [3.63, 3.8) is 0 Å². The first-order valence-corrected chi connectivity index (χ1v) is 13.9. The van der Waals surface area contributed by atoms with Gasteiger partial charge in [-0.05, 0) is 48.5 Å². The first-order chi connectivity index (χ1) is 22.5. The van der Waals surface area contributed by atoms with Crippen LogP contribution in [-0.2, 0) is 9.47 Å². The number of halogens is 2. The van der Waals surface area contributed by atoms with Crippen LogP contribution in [0.5, 0.6) is 46.3 Å². The zero-order chi connectivity index (χ0) is 34.1. The van der Waals surface area contributed by atoms with Gasteiger partial charge in [0.15, 0.2) is 23.0 Å². The number of nitrogens with two attached hydrogens (primary N) is 1. The van der Waals surface area contributed by atoms with Gasteiger partial charge in [0.1, 0.15) is 18.2 Å². The molecule has 0 unspecified atom stereocenters. The number of hydrogen-bond donors (Lipinski definition) is 4. The van der Waals surface area contributed by atoms with Gasteiger partial charge < -0.3 is 49.3 Å². The number of pyridine rings is 1. The Morgan fingerprint density at radius 3 is 2.28 bits per heavy atom. The van der Waals surface area contributed by atoms with E-state index in [9.17, 15) is 9.90 Å². The number of benzene rings is 3. The highest BCUT2D eigenvalue weighted by molar-refractivity contribution is 5.95. The molecule has 0 aliphatic rings. The number of aliphatic hydroxyl groups excluding tert-OH is 1. The number of nitrogens with zero attached hydrogens (tertiary/aromatic N) is 2. The fourth-order valence-electron chi connectivity index (χ4n) is 3.94. The number of esters is 1. The molecule has 4 aromatic rings. The Bertz CT molecular complexity index is 1750. The highest BCUT2D eigenvalue weighted by atomic mass is 19.1. The summed E-state index contributed by atoms with van der Waals surface area (Å²) in [5.41, 5.74) is 6.44. The lowest BCUT2D eigenvalue weighted by atomic mass is 10.2. The summed E-state index contributed by atoms with van der Waals surface area (Å²) in [7, 11) is 4.84. The van der Waals surface area contributed by atoms with Crippen LogP contribution < -0.4 is 29.6 Å². The summed E-state index contributed by atoms with van der Waals surface area (Å²) in [5, 5.41) is 26.8. The molecule has 3 aromatic carbocycles. The van der Waals surface area contributed by atoms with Crippen molar-refractivity contribution < 1.29 is 52.2 Å². The molecule has 0 amide bonds. The summed E-state index contributed by atoms with van der Waals surface area (Å²) in [6, 6.07) is 14.0. The molecule has 4 rings (SSSR count). The van der Waals surface area contributed by atoms with Gasteiger partial charge in [-0.15, -0.1) is 0 Å². The molecule has 0 atom stereocenters. The van der Waals surface area contributed by atoms with Gasteiger partial charge in [-0.25, -0.2) is 4.79 Å². The number of phenolic OH excluding ortho intramolecular Hbond substituents is 1. The highest BCUT2D eigenvalue weighted by Crippen LogP contribution is 2.43. The van der Waals surface area contributed by atoms with Crippen molar-refractivity contribution >= 4 is 17.5 Å². The normalized spacial score (nSPS) is 10.7. The van der Waals surface area contributed by atoms with Gasteiger partial charge in [-0.1, -0.05) is 6.07 Å². The van der Waals surface area contributed by atoms with Gasteiger partial charge in [0, 0.05) is 31.4 Å². The maximum atomic E-state index is 15.9. The lowest BCUT2D eigenvalue weighted by Gasteiger charge is -2.17. The number of ether oxygens (including phenoxy) is 6. The van der Waals surface area contributed by atoms with Crippen molar-refractivity contribution in [2.45, 2.75) is 0 Å². The van der Waals surface area contributed by atoms with Crippen LogP contribution in [0.15, 0.2) is 60.7 Å². The Hall–Kier alpha value is -5.67. The lowest BCUT2D eigenvalue weighted by molar-refractivity contribution is 0.0258. The van der Waals surface area contributed by atoms with Gasteiger partial charge in [-0.3, -0.25) is 5.41 Å². The number of hydrogen-bond acceptors (Lipinski definition) is 12. The van der Waals surface area contributed by atoms with E-state index in [-0.39, 0.29) is 66.4 Å². The minimum absolute atomic E-state index is 0.0432. The fourth-order valence-corrected chi connectivity index (χ4v) is 3.94. The van der Waals surface area contributed by atoms with Gasteiger partial charge in [0.05, 0.1) is 32.5 Å². The second-order valence-electron chi connectivity index (χ2n) is 9.81. The molecule has 47 heavy (non-hydrogen) atoms. The molecule has 1 heterocycles. The average Bonchev–Trinajstić information content (AvgIpc) is 3.06. The zero-order valence-corrected chi connectivity index (χ0v) is 25.6. The van der Waals surface area contributed by atoms with Crippen LogP contribution in [0.3, 0.4) is 0 Å². The number of carbonyl (C=O) groups is 1. The molecule has 248 valence electrons. The Labute approximate surface area is 268 Å². The van der Waals surface area contributed by atoms with E-state index in [0.717, 1.165) is 0 Å². The van der Waals surface area contributed by atoms with Crippen LogP contribution >= 0.6 is 0 Å². The summed E-state index contributed by atoms with van der Waals surface area (Å²) < 4.78 is 64.3. The van der Waals surface area contributed by atoms with E-state index in [1.54, 1.807) is 37.2 Å². The number of phenols is 1. The Morgan fingerprint density at radius 1 is 0.894 bits per heavy atom. The van der Waals surface area contributed by atoms with Crippen molar-refractivity contribution in [2.75, 3.05) is 52.5 Å². The van der Waals surface area contributed by atoms with Crippen LogP contribution in [0.1, 0.15) is 15.9 Å². The number of nitrogens with one attached hydrogen (secondary N) is 1. The third-order valence-corrected chi connectivity index (χ3v) is 6.31. The molecule has 0 saturated heterocycles. The van der Waals surface area contributed by atoms with E-state index in [2.05, 4.69) is 4.98 Å². The number of nitrogen functional groups attached to an aromatic ring is 1. The summed E-state index contributed by atoms with van der Waals surface area (Å²) >= 11 is 0. The summed E-state index contributed by atoms with van der Waals surface area (Å²) in [4.78, 5) is 18.2. The third-order valence-electron chi connectivity index (χ3n) is 6.31. The van der Waals surface area contributed by atoms with Gasteiger partial charge in [-0.2, -0.15) is 13.8 Å². The number of amidine groups is 1. The zero-order valence-electron chi connectivity index (χ0n) is 25.6. The van der Waals surface area contributed by atoms with E-state index in [1.807, 2.05) is 0 Å². The monoisotopic (exact) mass is 654 g/mol. The molecule has 0 aliphatic carbocycles. The minimum atomic E-state index is -1.42. The Kier molecular flexibility index (Phi) is 11.3. The fraction of sp³-hybridized carbons (Fsp3) is 0.219. The van der Waals surface area contributed by atoms with E-state index in [1.165, 1.54) is 49.6 Å². The van der Waals surface area contributed by atoms with Crippen LogP contribution in [0.2, 0.25) is 0 Å². The van der Waals surface area contributed by atoms with Crippen molar-refractivity contribution in [3.8, 4) is 46.3 Å². The Morgan fingerprint density at radius 2 is 1.60 bits per heavy atom. The van der Waals surface area contributed by atoms with Gasteiger partial charge in [0.2, 0.25) is 17.4 Å². The summed E-state index contributed by atoms with van der Waals surface area (Å²) in [6.07, 6.45) is 0. The number of methoxy groups -OCH3 is 1. The maximum Gasteiger partial charge on any atom is 0.338 e. The molecular formula is C32H32F2N4O9. The number of rotatable bonds is 15. The summed E-state index contributed by atoms with van der Waals surface area (Å²) in [5.74, 6) is -7.38. The molecule has 1 aromatic heterocycles. The molecule has 0 aliphatic heterocycles. The van der Waals surface area contributed by atoms with Crippen LogP contribution in [0, 0.1) is 17.0 Å². The van der Waals surface area contributed by atoms with Crippen molar-refractivity contribution in [2.24, 2.45) is 5.73 Å². The molecule has 0 fully saturated rings. The molecule has 0 radical (unpaired) electrons. The molecular weight excluding hydrogens is 622 g/mol. The third kappa shape index (κ3) is 8.53. The Balaban J connectivity index is 1.73. The molecule has 0 bridgehead atoms. The van der Waals surface area contributed by atoms with Crippen molar-refractivity contribution in [1.82, 2.24) is 4.98 Å². The number of aromatic nitrogens is 1. The standard InChI is InChI=1S/C32H32F2N4O9/c1-38(2)20-5-4-6-21(17-20)45-30-26(33)28(27(34)31(37-30)47-24-15-18(29(35)36)7-9-22(24)40)46-23-10-8-19(16-25(23)42-3)32(41)44-14-13-43-12-11-39/h4-10,15-17,39-40H,11-14H2,1-3H3,(H3,35,36). The lowest BCUT2D eigenvalue weighted by Crippen LogP contribution is -2.12. The number of aliphatic hydroxyl groups is 1. The first-order valence-electron chi connectivity index (χ1n) is 13.9. The maximum absolute atomic E-state index is 15.9. The first kappa shape index (κ1) is 34.2. The van der Waals surface area contributed by atoms with E-state index >= 15 is 8.78 Å². The molecule has 0 spiro atoms. The topological polar surface area (TPSA) is 179 Å². The SMILES string of the molecule is COc1cc(C(=O)OCCOCCO)ccc1Oc1c(F)c(Oc2cccc(N(C)C)c2)nc(Oc2cc(C(=N)N)ccc2O)c1F. The van der Waals surface area contributed by atoms with E-state index in [0.29, 0.717) is 5.69 Å². The van der Waals surface area contributed by atoms with Crippen LogP contribution in [0.25, 0.3) is 0 Å². The van der Waals surface area contributed by atoms with Gasteiger partial charge in [0.25, 0.3) is 11.8 Å². The van der Waals surface area contributed by atoms with Crippen molar-refractivity contribution in [3.05, 3.63) is 83.4 Å². The second kappa shape index (κ2) is 15.6. The van der Waals surface area contributed by atoms with Crippen molar-refractivity contribution in [1.29, 1.82) is 5.41 Å². The summed E-state index contributed by atoms with van der Waals surface area (Å²) in [6.45, 7) is -0.101. The number of carbonyl (C=O) groups excluding carboxylic acids is 1. The predicted octanol–water partition coefficient (Wildman–Crippen LogP) is 4.97.